The minimum absolute atomic E-state index is 0.0251. The second-order valence-corrected chi connectivity index (χ2v) is 7.62. The van der Waals surface area contributed by atoms with Gasteiger partial charge in [0.25, 0.3) is 0 Å². The van der Waals surface area contributed by atoms with Gasteiger partial charge in [-0.1, -0.05) is 36.4 Å². The molecule has 4 rings (SSSR count). The highest BCUT2D eigenvalue weighted by Crippen LogP contribution is 2.40. The number of nitrogens with one attached hydrogen (secondary N) is 1. The molecule has 4 heteroatoms. The molecule has 0 atom stereocenters. The molecule has 0 unspecified atom stereocenters. The number of carbonyl (C=O) groups excluding carboxylic acids is 2. The van der Waals surface area contributed by atoms with Gasteiger partial charge in [0, 0.05) is 22.6 Å². The van der Waals surface area contributed by atoms with E-state index in [9.17, 15) is 9.59 Å². The van der Waals surface area contributed by atoms with Gasteiger partial charge in [0.2, 0.25) is 0 Å². The van der Waals surface area contributed by atoms with Crippen molar-refractivity contribution in [3.63, 3.8) is 0 Å². The number of rotatable bonds is 3. The highest BCUT2D eigenvalue weighted by Gasteiger charge is 2.36. The third-order valence-electron chi connectivity index (χ3n) is 5.65. The number of hydrogen-bond donors (Lipinski definition) is 1. The third-order valence-corrected chi connectivity index (χ3v) is 5.65. The Kier molecular flexibility index (Phi) is 4.16. The average molecular weight is 349 g/mol. The lowest BCUT2D eigenvalue weighted by Crippen LogP contribution is -2.42. The number of ether oxygens (including phenoxy) is 1. The van der Waals surface area contributed by atoms with E-state index in [1.165, 1.54) is 0 Å². The predicted octanol–water partition coefficient (Wildman–Crippen LogP) is 3.83. The van der Waals surface area contributed by atoms with Crippen molar-refractivity contribution in [2.24, 2.45) is 5.92 Å². The molecule has 0 spiro atoms. The summed E-state index contributed by atoms with van der Waals surface area (Å²) >= 11 is 0. The Morgan fingerprint density at radius 2 is 1.65 bits per heavy atom. The van der Waals surface area contributed by atoms with Crippen molar-refractivity contribution < 1.29 is 14.3 Å². The summed E-state index contributed by atoms with van der Waals surface area (Å²) in [5, 5.41) is 3.34. The molecular weight excluding hydrogens is 326 g/mol. The van der Waals surface area contributed by atoms with Crippen molar-refractivity contribution in [3.05, 3.63) is 59.2 Å². The molecule has 0 saturated carbocycles. The Morgan fingerprint density at radius 3 is 2.38 bits per heavy atom. The number of benzene rings is 2. The van der Waals surface area contributed by atoms with Crippen LogP contribution in [0.15, 0.2) is 42.5 Å². The smallest absolute Gasteiger partial charge is 0.339 e. The van der Waals surface area contributed by atoms with E-state index in [4.69, 9.17) is 4.74 Å². The van der Waals surface area contributed by atoms with E-state index in [-0.39, 0.29) is 11.8 Å². The van der Waals surface area contributed by atoms with E-state index in [1.54, 1.807) is 18.2 Å². The van der Waals surface area contributed by atoms with E-state index in [0.29, 0.717) is 28.2 Å². The van der Waals surface area contributed by atoms with E-state index in [2.05, 4.69) is 5.32 Å². The van der Waals surface area contributed by atoms with E-state index >= 15 is 0 Å². The average Bonchev–Trinajstić information content (AvgIpc) is 2.95. The van der Waals surface area contributed by atoms with Crippen LogP contribution >= 0.6 is 0 Å². The van der Waals surface area contributed by atoms with Gasteiger partial charge >= 0.3 is 5.97 Å². The first-order chi connectivity index (χ1) is 12.5. The maximum atomic E-state index is 13.0. The van der Waals surface area contributed by atoms with Crippen LogP contribution < -0.4 is 5.32 Å². The van der Waals surface area contributed by atoms with Crippen molar-refractivity contribution in [1.29, 1.82) is 0 Å². The second kappa shape index (κ2) is 6.36. The molecule has 4 nitrogen and oxygen atoms in total. The molecule has 26 heavy (non-hydrogen) atoms. The number of esters is 1. The zero-order valence-electron chi connectivity index (χ0n) is 15.2. The van der Waals surface area contributed by atoms with Crippen molar-refractivity contribution in [2.45, 2.75) is 32.3 Å². The highest BCUT2D eigenvalue weighted by atomic mass is 16.6. The fourth-order valence-corrected chi connectivity index (χ4v) is 4.14. The normalized spacial score (nSPS) is 16.9. The van der Waals surface area contributed by atoms with Crippen LogP contribution in [0.2, 0.25) is 0 Å². The summed E-state index contributed by atoms with van der Waals surface area (Å²) in [4.78, 5) is 25.7. The van der Waals surface area contributed by atoms with E-state index < -0.39 is 5.60 Å². The largest absolute Gasteiger partial charge is 0.456 e. The molecule has 2 aliphatic rings. The van der Waals surface area contributed by atoms with E-state index in [0.717, 1.165) is 31.5 Å². The van der Waals surface area contributed by atoms with Crippen molar-refractivity contribution >= 4 is 11.8 Å². The summed E-state index contributed by atoms with van der Waals surface area (Å²) < 4.78 is 5.96. The van der Waals surface area contributed by atoms with Gasteiger partial charge in [-0.05, 0) is 51.4 Å². The maximum Gasteiger partial charge on any atom is 0.339 e. The lowest BCUT2D eigenvalue weighted by atomic mass is 9.83. The monoisotopic (exact) mass is 349 g/mol. The topological polar surface area (TPSA) is 55.4 Å². The Morgan fingerprint density at radius 1 is 1.00 bits per heavy atom. The Hall–Kier alpha value is -2.46. The molecular formula is C22H23NO3. The predicted molar refractivity (Wildman–Crippen MR) is 100 cm³/mol. The van der Waals surface area contributed by atoms with Crippen molar-refractivity contribution in [1.82, 2.24) is 5.32 Å². The number of ketones is 1. The van der Waals surface area contributed by atoms with Crippen LogP contribution in [0.3, 0.4) is 0 Å². The molecule has 1 saturated heterocycles. The molecule has 2 aromatic rings. The SMILES string of the molecule is CC(C)(OC(=O)c1cccc2c1-c1ccccc1C2=O)C1CCNCC1. The van der Waals surface area contributed by atoms with Gasteiger partial charge in [0.15, 0.2) is 5.78 Å². The summed E-state index contributed by atoms with van der Waals surface area (Å²) in [6.07, 6.45) is 1.99. The Labute approximate surface area is 153 Å². The first-order valence-electron chi connectivity index (χ1n) is 9.20. The summed E-state index contributed by atoms with van der Waals surface area (Å²) in [7, 11) is 0. The van der Waals surface area contributed by atoms with Crippen LogP contribution in [-0.4, -0.2) is 30.4 Å². The van der Waals surface area contributed by atoms with Crippen LogP contribution in [0, 0.1) is 5.92 Å². The lowest BCUT2D eigenvalue weighted by molar-refractivity contribution is -0.0367. The quantitative estimate of drug-likeness (QED) is 0.730. The molecule has 0 aromatic heterocycles. The van der Waals surface area contributed by atoms with Crippen LogP contribution in [-0.2, 0) is 4.74 Å². The molecule has 2 aromatic carbocycles. The van der Waals surface area contributed by atoms with Gasteiger partial charge in [-0.15, -0.1) is 0 Å². The van der Waals surface area contributed by atoms with Crippen LogP contribution in [0.25, 0.3) is 11.1 Å². The minimum Gasteiger partial charge on any atom is -0.456 e. The van der Waals surface area contributed by atoms with Crippen LogP contribution in [0.5, 0.6) is 0 Å². The molecule has 0 bridgehead atoms. The molecule has 1 fully saturated rings. The minimum atomic E-state index is -0.538. The van der Waals surface area contributed by atoms with Crippen LogP contribution in [0.1, 0.15) is 53.0 Å². The maximum absolute atomic E-state index is 13.0. The van der Waals surface area contributed by atoms with Gasteiger partial charge in [0.1, 0.15) is 5.60 Å². The molecule has 134 valence electrons. The number of fused-ring (bicyclic) bond motifs is 3. The summed E-state index contributed by atoms with van der Waals surface area (Å²) in [5.74, 6) is -0.0453. The standard InChI is InChI=1S/C22H23NO3/c1-22(2,14-10-12-23-13-11-14)26-21(25)18-9-5-8-17-19(18)15-6-3-4-7-16(15)20(17)24/h3-9,14,23H,10-13H2,1-2H3. The lowest BCUT2D eigenvalue weighted by Gasteiger charge is -2.36. The summed E-state index contributed by atoms with van der Waals surface area (Å²) in [5.41, 5.74) is 2.70. The molecule has 0 amide bonds. The second-order valence-electron chi connectivity index (χ2n) is 7.62. The fraction of sp³-hybridized carbons (Fsp3) is 0.364. The number of carbonyl (C=O) groups is 2. The van der Waals surface area contributed by atoms with Crippen LogP contribution in [0.4, 0.5) is 0 Å². The molecule has 1 aliphatic heterocycles. The van der Waals surface area contributed by atoms with Gasteiger partial charge in [-0.3, -0.25) is 4.79 Å². The summed E-state index contributed by atoms with van der Waals surface area (Å²) in [6.45, 7) is 5.88. The molecule has 1 heterocycles. The highest BCUT2D eigenvalue weighted by molar-refractivity contribution is 6.24. The first-order valence-corrected chi connectivity index (χ1v) is 9.20. The van der Waals surface area contributed by atoms with Gasteiger partial charge in [0.05, 0.1) is 5.56 Å². The van der Waals surface area contributed by atoms with Crippen molar-refractivity contribution in [2.75, 3.05) is 13.1 Å². The van der Waals surface area contributed by atoms with Gasteiger partial charge < -0.3 is 10.1 Å². The fourth-order valence-electron chi connectivity index (χ4n) is 4.14. The van der Waals surface area contributed by atoms with Gasteiger partial charge in [-0.25, -0.2) is 4.79 Å². The Bertz CT molecular complexity index is 879. The number of piperidine rings is 1. The first kappa shape index (κ1) is 17.0. The molecule has 0 radical (unpaired) electrons. The Balaban J connectivity index is 1.68. The van der Waals surface area contributed by atoms with E-state index in [1.807, 2.05) is 38.1 Å². The molecule has 1 aliphatic carbocycles. The summed E-state index contributed by atoms with van der Waals surface area (Å²) in [6, 6.07) is 12.8. The van der Waals surface area contributed by atoms with Crippen molar-refractivity contribution in [3.8, 4) is 11.1 Å². The zero-order valence-corrected chi connectivity index (χ0v) is 15.2. The molecule has 1 N–H and O–H groups in total. The zero-order chi connectivity index (χ0) is 18.3. The van der Waals surface area contributed by atoms with Gasteiger partial charge in [-0.2, -0.15) is 0 Å². The number of hydrogen-bond acceptors (Lipinski definition) is 4. The third kappa shape index (κ3) is 2.74.